The molecule has 1 aromatic rings. The van der Waals surface area contributed by atoms with E-state index in [0.717, 1.165) is 77.0 Å². The topological polar surface area (TPSA) is 210 Å². The molecule has 0 fully saturated rings. The van der Waals surface area contributed by atoms with Crippen LogP contribution in [0, 0.1) is 34.0 Å². The van der Waals surface area contributed by atoms with Gasteiger partial charge in [-0.1, -0.05) is 107 Å². The van der Waals surface area contributed by atoms with Gasteiger partial charge in [-0.2, -0.15) is 15.8 Å². The maximum atomic E-state index is 14.2. The third-order valence-corrected chi connectivity index (χ3v) is 16.7. The molecule has 0 aliphatic rings. The molecule has 0 atom stereocenters. The summed E-state index contributed by atoms with van der Waals surface area (Å²) >= 11 is 0. The number of rotatable bonds is 31. The van der Waals surface area contributed by atoms with E-state index in [9.17, 15) is 25.3 Å². The zero-order valence-corrected chi connectivity index (χ0v) is 31.3. The Morgan fingerprint density at radius 2 is 0.694 bits per heavy atom. The van der Waals surface area contributed by atoms with Crippen molar-refractivity contribution in [1.82, 2.24) is 14.2 Å². The molecule has 0 bridgehead atoms. The standard InChI is InChI=1S/C34H56N6O6S3/c35-27-19-10-4-1-7-13-22-30-38-47(41,42)34(33-25-17-16-18-26-33,48(43,44)39-31-23-14-8-2-5-11-20-28-36)49(45,46)40-32-24-15-9-3-6-12-21-29-37/h16-18,25-26,38-40H,1-15,19-24,30-32H2. The van der Waals surface area contributed by atoms with E-state index < -0.39 is 39.0 Å². The molecule has 15 heteroatoms. The first-order valence-corrected chi connectivity index (χ1v) is 22.1. The zero-order chi connectivity index (χ0) is 36.3. The molecule has 49 heavy (non-hydrogen) atoms. The van der Waals surface area contributed by atoms with Crippen molar-refractivity contribution in [1.29, 1.82) is 15.8 Å². The second kappa shape index (κ2) is 25.4. The van der Waals surface area contributed by atoms with Crippen LogP contribution in [-0.2, 0) is 33.5 Å². The second-order valence-electron chi connectivity index (χ2n) is 12.2. The van der Waals surface area contributed by atoms with E-state index in [1.807, 2.05) is 0 Å². The SMILES string of the molecule is N#CCCCCCCCCNS(=O)(=O)C(c1ccccc1)(S(=O)(=O)NCCCCCCCCC#N)S(=O)(=O)NCCCCCCCCC#N. The minimum absolute atomic E-state index is 0.141. The molecule has 1 aromatic carbocycles. The summed E-state index contributed by atoms with van der Waals surface area (Å²) in [5.41, 5.74) is -0.407. The summed E-state index contributed by atoms with van der Waals surface area (Å²) in [5, 5.41) is 26.0. The molecule has 0 unspecified atom stereocenters. The van der Waals surface area contributed by atoms with Crippen LogP contribution in [0.5, 0.6) is 0 Å². The number of nitrogens with one attached hydrogen (secondary N) is 3. The number of hydrogen-bond donors (Lipinski definition) is 3. The molecule has 0 spiro atoms. The van der Waals surface area contributed by atoms with Crippen LogP contribution in [0.2, 0.25) is 0 Å². The maximum absolute atomic E-state index is 14.2. The lowest BCUT2D eigenvalue weighted by Gasteiger charge is -2.33. The van der Waals surface area contributed by atoms with Gasteiger partial charge in [0.2, 0.25) is 0 Å². The van der Waals surface area contributed by atoms with Gasteiger partial charge in [0.25, 0.3) is 30.1 Å². The molecule has 0 aliphatic carbocycles. The van der Waals surface area contributed by atoms with Crippen LogP contribution in [0.15, 0.2) is 30.3 Å². The van der Waals surface area contributed by atoms with Gasteiger partial charge in [-0.05, 0) is 38.5 Å². The van der Waals surface area contributed by atoms with Crippen molar-refractivity contribution in [3.05, 3.63) is 35.9 Å². The predicted octanol–water partition coefficient (Wildman–Crippen LogP) is 6.32. The van der Waals surface area contributed by atoms with E-state index in [4.69, 9.17) is 15.8 Å². The lowest BCUT2D eigenvalue weighted by Crippen LogP contribution is -2.61. The fourth-order valence-electron chi connectivity index (χ4n) is 5.55. The van der Waals surface area contributed by atoms with E-state index in [1.54, 1.807) is 6.07 Å². The van der Waals surface area contributed by atoms with Gasteiger partial charge in [-0.15, -0.1) is 0 Å². The van der Waals surface area contributed by atoms with Gasteiger partial charge in [-0.3, -0.25) is 0 Å². The lowest BCUT2D eigenvalue weighted by atomic mass is 10.1. The molecule has 0 aromatic heterocycles. The van der Waals surface area contributed by atoms with Crippen LogP contribution < -0.4 is 14.2 Å². The summed E-state index contributed by atoms with van der Waals surface area (Å²) in [6.45, 7) is -0.423. The Labute approximate surface area is 296 Å². The fourth-order valence-corrected chi connectivity index (χ4v) is 13.2. The Morgan fingerprint density at radius 3 is 0.980 bits per heavy atom. The van der Waals surface area contributed by atoms with Crippen LogP contribution in [0.25, 0.3) is 0 Å². The van der Waals surface area contributed by atoms with Crippen LogP contribution >= 0.6 is 0 Å². The number of nitrogens with zero attached hydrogens (tertiary/aromatic N) is 3. The highest BCUT2D eigenvalue weighted by atomic mass is 32.3. The van der Waals surface area contributed by atoms with Crippen LogP contribution in [0.3, 0.4) is 0 Å². The van der Waals surface area contributed by atoms with Gasteiger partial charge in [0.15, 0.2) is 0 Å². The first kappa shape index (κ1) is 44.4. The van der Waals surface area contributed by atoms with Crippen molar-refractivity contribution < 1.29 is 25.3 Å². The smallest absolute Gasteiger partial charge is 0.213 e. The number of nitriles is 3. The summed E-state index contributed by atoms with van der Waals surface area (Å²) < 4.78 is 89.1. The molecule has 0 radical (unpaired) electrons. The molecule has 0 heterocycles. The highest BCUT2D eigenvalue weighted by Gasteiger charge is 2.66. The Kier molecular flexibility index (Phi) is 23.0. The van der Waals surface area contributed by atoms with Crippen molar-refractivity contribution in [2.75, 3.05) is 19.6 Å². The predicted molar refractivity (Wildman–Crippen MR) is 193 cm³/mol. The highest BCUT2D eigenvalue weighted by molar-refractivity contribution is 8.23. The van der Waals surface area contributed by atoms with Gasteiger partial charge >= 0.3 is 3.41 Å². The molecular formula is C34H56N6O6S3. The minimum atomic E-state index is -5.12. The molecule has 276 valence electrons. The maximum Gasteiger partial charge on any atom is 0.337 e. The quantitative estimate of drug-likeness (QED) is 0.0727. The van der Waals surface area contributed by atoms with E-state index in [2.05, 4.69) is 32.4 Å². The molecule has 0 amide bonds. The Balaban J connectivity index is 3.22. The van der Waals surface area contributed by atoms with Crippen molar-refractivity contribution in [2.45, 2.75) is 138 Å². The van der Waals surface area contributed by atoms with Gasteiger partial charge in [0.05, 0.1) is 18.2 Å². The lowest BCUT2D eigenvalue weighted by molar-refractivity contribution is 0.525. The van der Waals surface area contributed by atoms with Crippen LogP contribution in [-0.4, -0.2) is 44.9 Å². The summed E-state index contributed by atoms with van der Waals surface area (Å²) in [6, 6.07) is 13.1. The number of sulfonamides is 3. The van der Waals surface area contributed by atoms with Crippen molar-refractivity contribution >= 4 is 30.1 Å². The molecule has 12 nitrogen and oxygen atoms in total. The summed E-state index contributed by atoms with van der Waals surface area (Å²) in [6.07, 6.45) is 14.6. The van der Waals surface area contributed by atoms with E-state index >= 15 is 0 Å². The number of unbranched alkanes of at least 4 members (excludes halogenated alkanes) is 18. The monoisotopic (exact) mass is 740 g/mol. The fraction of sp³-hybridized carbons (Fsp3) is 0.735. The summed E-state index contributed by atoms with van der Waals surface area (Å²) in [4.78, 5) is 0. The Bertz CT molecular complexity index is 1350. The minimum Gasteiger partial charge on any atom is -0.213 e. The van der Waals surface area contributed by atoms with Crippen molar-refractivity contribution in [2.24, 2.45) is 0 Å². The van der Waals surface area contributed by atoms with Gasteiger partial charge in [-0.25, -0.2) is 39.4 Å². The molecular weight excluding hydrogens is 685 g/mol. The molecule has 0 saturated heterocycles. The third-order valence-electron chi connectivity index (χ3n) is 8.21. The normalized spacial score (nSPS) is 12.3. The number of benzene rings is 1. The summed E-state index contributed by atoms with van der Waals surface area (Å²) in [7, 11) is -15.4. The van der Waals surface area contributed by atoms with Crippen LogP contribution in [0.1, 0.15) is 140 Å². The van der Waals surface area contributed by atoms with E-state index in [-0.39, 0.29) is 19.6 Å². The van der Waals surface area contributed by atoms with Crippen molar-refractivity contribution in [3.63, 3.8) is 0 Å². The largest absolute Gasteiger partial charge is 0.337 e. The van der Waals surface area contributed by atoms with Gasteiger partial charge in [0.1, 0.15) is 0 Å². The Hall–Kier alpha value is -2.58. The first-order chi connectivity index (χ1) is 23.5. The van der Waals surface area contributed by atoms with E-state index in [1.165, 1.54) is 24.3 Å². The average molecular weight is 741 g/mol. The Morgan fingerprint density at radius 1 is 0.429 bits per heavy atom. The van der Waals surface area contributed by atoms with Gasteiger partial charge < -0.3 is 0 Å². The molecule has 3 N–H and O–H groups in total. The third kappa shape index (κ3) is 15.5. The molecule has 0 aliphatic heterocycles. The molecule has 0 saturated carbocycles. The van der Waals surface area contributed by atoms with Crippen LogP contribution in [0.4, 0.5) is 0 Å². The zero-order valence-electron chi connectivity index (χ0n) is 28.9. The van der Waals surface area contributed by atoms with Gasteiger partial charge in [0, 0.05) is 44.5 Å². The van der Waals surface area contributed by atoms with E-state index in [0.29, 0.717) is 57.8 Å². The second-order valence-corrected chi connectivity index (χ2v) is 18.7. The first-order valence-electron chi connectivity index (χ1n) is 17.7. The van der Waals surface area contributed by atoms with Crippen molar-refractivity contribution in [3.8, 4) is 18.2 Å². The number of hydrogen-bond acceptors (Lipinski definition) is 9. The summed E-state index contributed by atoms with van der Waals surface area (Å²) in [5.74, 6) is 0. The highest BCUT2D eigenvalue weighted by Crippen LogP contribution is 2.40. The average Bonchev–Trinajstić information content (AvgIpc) is 3.06. The molecule has 1 rings (SSSR count).